The van der Waals surface area contributed by atoms with Gasteiger partial charge in [0.25, 0.3) is 0 Å². The number of nitrogens with zero attached hydrogens (tertiary/aromatic N) is 2. The molecule has 1 atom stereocenters. The molecule has 1 aliphatic carbocycles. The van der Waals surface area contributed by atoms with Crippen molar-refractivity contribution in [3.8, 4) is 0 Å². The molecule has 3 heteroatoms. The Morgan fingerprint density at radius 3 is 2.76 bits per heavy atom. The molecule has 94 valence electrons. The fourth-order valence-electron chi connectivity index (χ4n) is 3.57. The molecular formula is C14H23N3. The molecule has 17 heavy (non-hydrogen) atoms. The van der Waals surface area contributed by atoms with Crippen LogP contribution in [0.3, 0.4) is 0 Å². The number of aromatic amines is 1. The van der Waals surface area contributed by atoms with E-state index in [0.717, 1.165) is 6.04 Å². The highest BCUT2D eigenvalue weighted by atomic mass is 15.2. The Morgan fingerprint density at radius 1 is 1.24 bits per heavy atom. The topological polar surface area (TPSA) is 31.9 Å². The fourth-order valence-corrected chi connectivity index (χ4v) is 3.57. The Labute approximate surface area is 104 Å². The normalized spacial score (nSPS) is 27.7. The predicted molar refractivity (Wildman–Crippen MR) is 69.1 cm³/mol. The Hall–Kier alpha value is -0.830. The van der Waals surface area contributed by atoms with Crippen molar-refractivity contribution in [1.82, 2.24) is 15.1 Å². The summed E-state index contributed by atoms with van der Waals surface area (Å²) >= 11 is 0. The van der Waals surface area contributed by atoms with Gasteiger partial charge in [-0.15, -0.1) is 0 Å². The Balaban J connectivity index is 1.63. The monoisotopic (exact) mass is 233 g/mol. The van der Waals surface area contributed by atoms with Crippen molar-refractivity contribution in [1.29, 1.82) is 0 Å². The van der Waals surface area contributed by atoms with E-state index in [4.69, 9.17) is 0 Å². The van der Waals surface area contributed by atoms with Crippen molar-refractivity contribution in [2.45, 2.75) is 57.4 Å². The summed E-state index contributed by atoms with van der Waals surface area (Å²) in [5.41, 5.74) is 2.71. The molecule has 1 aliphatic heterocycles. The molecule has 3 nitrogen and oxygen atoms in total. The van der Waals surface area contributed by atoms with Gasteiger partial charge in [-0.3, -0.25) is 10.00 Å². The van der Waals surface area contributed by atoms with Crippen LogP contribution in [0.4, 0.5) is 0 Å². The zero-order valence-corrected chi connectivity index (χ0v) is 10.8. The molecule has 0 unspecified atom stereocenters. The molecule has 0 bridgehead atoms. The van der Waals surface area contributed by atoms with E-state index in [0.29, 0.717) is 5.92 Å². The molecule has 1 saturated carbocycles. The van der Waals surface area contributed by atoms with E-state index in [1.165, 1.54) is 62.9 Å². The van der Waals surface area contributed by atoms with Crippen LogP contribution in [0.2, 0.25) is 0 Å². The second-order valence-corrected chi connectivity index (χ2v) is 5.74. The van der Waals surface area contributed by atoms with Crippen LogP contribution < -0.4 is 0 Å². The van der Waals surface area contributed by atoms with Crippen LogP contribution in [0, 0.1) is 6.92 Å². The van der Waals surface area contributed by atoms with Gasteiger partial charge in [-0.25, -0.2) is 0 Å². The maximum Gasteiger partial charge on any atom is 0.0519 e. The number of hydrogen-bond donors (Lipinski definition) is 1. The first-order valence-electron chi connectivity index (χ1n) is 7.08. The molecule has 2 heterocycles. The first kappa shape index (κ1) is 11.3. The van der Waals surface area contributed by atoms with Gasteiger partial charge in [0, 0.05) is 24.2 Å². The molecule has 1 aromatic rings. The zero-order chi connectivity index (χ0) is 11.7. The number of likely N-dealkylation sites (tertiary alicyclic amines) is 1. The molecule has 1 N–H and O–H groups in total. The number of hydrogen-bond acceptors (Lipinski definition) is 2. The highest BCUT2D eigenvalue weighted by molar-refractivity contribution is 5.20. The van der Waals surface area contributed by atoms with Crippen LogP contribution in [0.5, 0.6) is 0 Å². The molecular weight excluding hydrogens is 210 g/mol. The van der Waals surface area contributed by atoms with Crippen molar-refractivity contribution in [2.24, 2.45) is 0 Å². The van der Waals surface area contributed by atoms with Gasteiger partial charge in [-0.2, -0.15) is 5.10 Å². The van der Waals surface area contributed by atoms with E-state index >= 15 is 0 Å². The van der Waals surface area contributed by atoms with Crippen LogP contribution in [0.1, 0.15) is 55.7 Å². The molecule has 0 amide bonds. The van der Waals surface area contributed by atoms with E-state index in [9.17, 15) is 0 Å². The number of nitrogens with one attached hydrogen (secondary N) is 1. The molecule has 1 saturated heterocycles. The van der Waals surface area contributed by atoms with Gasteiger partial charge in [-0.05, 0) is 38.3 Å². The van der Waals surface area contributed by atoms with Gasteiger partial charge in [0.2, 0.25) is 0 Å². The molecule has 1 aromatic heterocycles. The van der Waals surface area contributed by atoms with E-state index in [1.54, 1.807) is 0 Å². The lowest BCUT2D eigenvalue weighted by Gasteiger charge is -2.31. The van der Waals surface area contributed by atoms with E-state index < -0.39 is 0 Å². The summed E-state index contributed by atoms with van der Waals surface area (Å²) in [6.45, 7) is 4.70. The molecule has 0 spiro atoms. The SMILES string of the molecule is Cc1cn[nH]c1[C@@H]1CCN(C2CCCCC2)C1. The predicted octanol–water partition coefficient (Wildman–Crippen LogP) is 2.84. The molecule has 0 aromatic carbocycles. The lowest BCUT2D eigenvalue weighted by atomic mass is 9.94. The van der Waals surface area contributed by atoms with Gasteiger partial charge in [-0.1, -0.05) is 19.3 Å². The third kappa shape index (κ3) is 2.25. The summed E-state index contributed by atoms with van der Waals surface area (Å²) in [5.74, 6) is 0.694. The van der Waals surface area contributed by atoms with Gasteiger partial charge < -0.3 is 0 Å². The lowest BCUT2D eigenvalue weighted by Crippen LogP contribution is -2.34. The maximum atomic E-state index is 4.16. The smallest absolute Gasteiger partial charge is 0.0519 e. The number of H-pyrrole nitrogens is 1. The summed E-state index contributed by atoms with van der Waals surface area (Å²) < 4.78 is 0. The Morgan fingerprint density at radius 2 is 2.06 bits per heavy atom. The van der Waals surface area contributed by atoms with Crippen LogP contribution in [-0.4, -0.2) is 34.2 Å². The number of aryl methyl sites for hydroxylation is 1. The summed E-state index contributed by atoms with van der Waals surface area (Å²) in [6, 6.07) is 0.872. The fraction of sp³-hybridized carbons (Fsp3) is 0.786. The van der Waals surface area contributed by atoms with Crippen LogP contribution >= 0.6 is 0 Å². The second kappa shape index (κ2) is 4.81. The second-order valence-electron chi connectivity index (χ2n) is 5.74. The van der Waals surface area contributed by atoms with Crippen molar-refractivity contribution >= 4 is 0 Å². The Kier molecular flexibility index (Phi) is 3.19. The summed E-state index contributed by atoms with van der Waals surface area (Å²) in [5, 5.41) is 7.35. The first-order chi connectivity index (χ1) is 8.34. The van der Waals surface area contributed by atoms with Crippen LogP contribution in [-0.2, 0) is 0 Å². The minimum Gasteiger partial charge on any atom is -0.300 e. The first-order valence-corrected chi connectivity index (χ1v) is 7.08. The van der Waals surface area contributed by atoms with Crippen molar-refractivity contribution < 1.29 is 0 Å². The van der Waals surface area contributed by atoms with Crippen LogP contribution in [0.25, 0.3) is 0 Å². The average molecular weight is 233 g/mol. The maximum absolute atomic E-state index is 4.16. The lowest BCUT2D eigenvalue weighted by molar-refractivity contribution is 0.189. The molecule has 2 fully saturated rings. The highest BCUT2D eigenvalue weighted by Gasteiger charge is 2.30. The van der Waals surface area contributed by atoms with Crippen molar-refractivity contribution in [3.05, 3.63) is 17.5 Å². The number of aromatic nitrogens is 2. The third-order valence-electron chi connectivity index (χ3n) is 4.59. The minimum atomic E-state index is 0.694. The van der Waals surface area contributed by atoms with Gasteiger partial charge >= 0.3 is 0 Å². The number of rotatable bonds is 2. The largest absolute Gasteiger partial charge is 0.300 e. The zero-order valence-electron chi connectivity index (χ0n) is 10.8. The highest BCUT2D eigenvalue weighted by Crippen LogP contribution is 2.32. The molecule has 3 rings (SSSR count). The summed E-state index contributed by atoms with van der Waals surface area (Å²) in [4.78, 5) is 2.73. The molecule has 2 aliphatic rings. The van der Waals surface area contributed by atoms with Gasteiger partial charge in [0.05, 0.1) is 6.20 Å². The van der Waals surface area contributed by atoms with Crippen molar-refractivity contribution in [2.75, 3.05) is 13.1 Å². The summed E-state index contributed by atoms with van der Waals surface area (Å²) in [7, 11) is 0. The van der Waals surface area contributed by atoms with E-state index in [2.05, 4.69) is 22.0 Å². The average Bonchev–Trinajstić information content (AvgIpc) is 2.98. The van der Waals surface area contributed by atoms with Crippen molar-refractivity contribution in [3.63, 3.8) is 0 Å². The van der Waals surface area contributed by atoms with Gasteiger partial charge in [0.15, 0.2) is 0 Å². The minimum absolute atomic E-state index is 0.694. The molecule has 0 radical (unpaired) electrons. The van der Waals surface area contributed by atoms with Crippen LogP contribution in [0.15, 0.2) is 6.20 Å². The third-order valence-corrected chi connectivity index (χ3v) is 4.59. The van der Waals surface area contributed by atoms with E-state index in [1.807, 2.05) is 6.20 Å². The Bertz CT molecular complexity index is 365. The van der Waals surface area contributed by atoms with Gasteiger partial charge in [0.1, 0.15) is 0 Å². The standard InChI is InChI=1S/C14H23N3/c1-11-9-15-16-14(11)12-7-8-17(10-12)13-5-3-2-4-6-13/h9,12-13H,2-8,10H2,1H3,(H,15,16)/t12-/m1/s1. The quantitative estimate of drug-likeness (QED) is 0.851. The van der Waals surface area contributed by atoms with E-state index in [-0.39, 0.29) is 0 Å². The summed E-state index contributed by atoms with van der Waals surface area (Å²) in [6.07, 6.45) is 10.4.